The molecule has 0 saturated carbocycles. The normalized spacial score (nSPS) is 16.6. The van der Waals surface area contributed by atoms with Crippen LogP contribution >= 0.6 is 12.4 Å². The van der Waals surface area contributed by atoms with Gasteiger partial charge in [-0.3, -0.25) is 9.59 Å². The number of halogens is 1. The highest BCUT2D eigenvalue weighted by atomic mass is 35.5. The molecule has 0 spiro atoms. The summed E-state index contributed by atoms with van der Waals surface area (Å²) in [7, 11) is 0. The lowest BCUT2D eigenvalue weighted by Gasteiger charge is -2.25. The van der Waals surface area contributed by atoms with Crippen LogP contribution in [0.4, 0.5) is 0 Å². The summed E-state index contributed by atoms with van der Waals surface area (Å²) < 4.78 is 4.76. The average molecular weight is 299 g/mol. The van der Waals surface area contributed by atoms with E-state index in [0.29, 0.717) is 19.6 Å². The summed E-state index contributed by atoms with van der Waals surface area (Å²) in [5, 5.41) is 5.76. The maximum atomic E-state index is 11.9. The number of rotatable bonds is 4. The first-order valence-corrected chi connectivity index (χ1v) is 6.44. The lowest BCUT2D eigenvalue weighted by Crippen LogP contribution is -2.48. The lowest BCUT2D eigenvalue weighted by atomic mass is 9.95. The van der Waals surface area contributed by atoms with Crippen LogP contribution in [0.1, 0.15) is 18.1 Å². The molecule has 2 rings (SSSR count). The molecule has 20 heavy (non-hydrogen) atoms. The number of carbonyl (C=O) groups is 2. The van der Waals surface area contributed by atoms with Crippen molar-refractivity contribution in [3.8, 4) is 0 Å². The molecule has 110 valence electrons. The average Bonchev–Trinajstić information content (AvgIpc) is 2.44. The van der Waals surface area contributed by atoms with Crippen LogP contribution in [0.15, 0.2) is 24.3 Å². The maximum absolute atomic E-state index is 11.9. The zero-order chi connectivity index (χ0) is 13.7. The van der Waals surface area contributed by atoms with E-state index in [-0.39, 0.29) is 30.9 Å². The van der Waals surface area contributed by atoms with Crippen molar-refractivity contribution in [1.29, 1.82) is 0 Å². The number of fused-ring (bicyclic) bond motifs is 1. The van der Waals surface area contributed by atoms with E-state index in [2.05, 4.69) is 16.7 Å². The van der Waals surface area contributed by atoms with Gasteiger partial charge in [0.25, 0.3) is 0 Å². The summed E-state index contributed by atoms with van der Waals surface area (Å²) in [6.45, 7) is 2.66. The van der Waals surface area contributed by atoms with E-state index in [1.54, 1.807) is 6.92 Å². The molecule has 1 unspecified atom stereocenters. The van der Waals surface area contributed by atoms with Gasteiger partial charge in [-0.2, -0.15) is 0 Å². The SMILES string of the molecule is CCOC(=O)CNC(=O)C1Cc2ccccc2CN1.Cl. The van der Waals surface area contributed by atoms with Crippen molar-refractivity contribution in [2.24, 2.45) is 0 Å². The Morgan fingerprint density at radius 3 is 2.75 bits per heavy atom. The van der Waals surface area contributed by atoms with Crippen molar-refractivity contribution in [1.82, 2.24) is 10.6 Å². The van der Waals surface area contributed by atoms with Crippen LogP contribution in [0.5, 0.6) is 0 Å². The number of amides is 1. The number of hydrogen-bond donors (Lipinski definition) is 2. The molecule has 1 aromatic carbocycles. The Morgan fingerprint density at radius 1 is 1.35 bits per heavy atom. The number of esters is 1. The molecule has 6 heteroatoms. The number of carbonyl (C=O) groups excluding carboxylic acids is 2. The number of benzene rings is 1. The van der Waals surface area contributed by atoms with Gasteiger partial charge in [0.05, 0.1) is 12.6 Å². The van der Waals surface area contributed by atoms with E-state index in [0.717, 1.165) is 0 Å². The molecule has 0 radical (unpaired) electrons. The van der Waals surface area contributed by atoms with Crippen molar-refractivity contribution in [3.05, 3.63) is 35.4 Å². The molecule has 0 aliphatic carbocycles. The largest absolute Gasteiger partial charge is 0.465 e. The topological polar surface area (TPSA) is 67.4 Å². The van der Waals surface area contributed by atoms with Crippen LogP contribution in [0, 0.1) is 0 Å². The van der Waals surface area contributed by atoms with Crippen LogP contribution in [0.2, 0.25) is 0 Å². The number of ether oxygens (including phenoxy) is 1. The molecule has 1 aromatic rings. The Balaban J connectivity index is 0.00000200. The summed E-state index contributed by atoms with van der Waals surface area (Å²) in [5.74, 6) is -0.574. The molecule has 1 heterocycles. The van der Waals surface area contributed by atoms with Gasteiger partial charge in [0, 0.05) is 6.54 Å². The van der Waals surface area contributed by atoms with Crippen LogP contribution in [-0.4, -0.2) is 31.1 Å². The Morgan fingerprint density at radius 2 is 2.05 bits per heavy atom. The minimum absolute atomic E-state index is 0. The molecule has 0 fully saturated rings. The van der Waals surface area contributed by atoms with Crippen LogP contribution in [0.25, 0.3) is 0 Å². The van der Waals surface area contributed by atoms with Crippen molar-refractivity contribution in [3.63, 3.8) is 0 Å². The summed E-state index contributed by atoms with van der Waals surface area (Å²) >= 11 is 0. The predicted molar refractivity (Wildman–Crippen MR) is 77.7 cm³/mol. The van der Waals surface area contributed by atoms with E-state index < -0.39 is 5.97 Å². The van der Waals surface area contributed by atoms with Gasteiger partial charge >= 0.3 is 5.97 Å². The first-order valence-electron chi connectivity index (χ1n) is 6.44. The van der Waals surface area contributed by atoms with Gasteiger partial charge in [-0.05, 0) is 24.5 Å². The van der Waals surface area contributed by atoms with Gasteiger partial charge in [0.2, 0.25) is 5.91 Å². The van der Waals surface area contributed by atoms with Crippen molar-refractivity contribution < 1.29 is 14.3 Å². The molecule has 1 amide bonds. The van der Waals surface area contributed by atoms with Gasteiger partial charge in [-0.15, -0.1) is 12.4 Å². The molecule has 1 aliphatic heterocycles. The highest BCUT2D eigenvalue weighted by molar-refractivity contribution is 5.86. The van der Waals surface area contributed by atoms with Gasteiger partial charge in [-0.25, -0.2) is 0 Å². The third kappa shape index (κ3) is 4.21. The van der Waals surface area contributed by atoms with E-state index in [9.17, 15) is 9.59 Å². The quantitative estimate of drug-likeness (QED) is 0.807. The summed E-state index contributed by atoms with van der Waals surface area (Å²) in [4.78, 5) is 23.1. The van der Waals surface area contributed by atoms with E-state index >= 15 is 0 Å². The molecule has 5 nitrogen and oxygen atoms in total. The zero-order valence-corrected chi connectivity index (χ0v) is 12.2. The molecule has 0 saturated heterocycles. The number of nitrogens with one attached hydrogen (secondary N) is 2. The molecule has 1 aliphatic rings. The molecular formula is C14H19ClN2O3. The van der Waals surface area contributed by atoms with E-state index in [1.165, 1.54) is 11.1 Å². The highest BCUT2D eigenvalue weighted by Gasteiger charge is 2.23. The Labute approximate surface area is 124 Å². The summed E-state index contributed by atoms with van der Waals surface area (Å²) in [5.41, 5.74) is 2.40. The fraction of sp³-hybridized carbons (Fsp3) is 0.429. The monoisotopic (exact) mass is 298 g/mol. The van der Waals surface area contributed by atoms with Crippen molar-refractivity contribution in [2.45, 2.75) is 25.9 Å². The fourth-order valence-corrected chi connectivity index (χ4v) is 2.13. The minimum Gasteiger partial charge on any atom is -0.465 e. The van der Waals surface area contributed by atoms with Crippen LogP contribution in [-0.2, 0) is 27.3 Å². The van der Waals surface area contributed by atoms with Gasteiger partial charge in [-0.1, -0.05) is 24.3 Å². The second-order valence-electron chi connectivity index (χ2n) is 4.43. The molecule has 0 bridgehead atoms. The maximum Gasteiger partial charge on any atom is 0.325 e. The van der Waals surface area contributed by atoms with Gasteiger partial charge in [0.15, 0.2) is 0 Å². The molecule has 1 atom stereocenters. The molecular weight excluding hydrogens is 280 g/mol. The Kier molecular flexibility index (Phi) is 6.48. The minimum atomic E-state index is -0.410. The standard InChI is InChI=1S/C14H18N2O3.ClH/c1-2-19-13(17)9-16-14(18)12-7-10-5-3-4-6-11(10)8-15-12;/h3-6,12,15H,2,7-9H2,1H3,(H,16,18);1H. The van der Waals surface area contributed by atoms with Crippen LogP contribution in [0.3, 0.4) is 0 Å². The second-order valence-corrected chi connectivity index (χ2v) is 4.43. The highest BCUT2D eigenvalue weighted by Crippen LogP contribution is 2.16. The fourth-order valence-electron chi connectivity index (χ4n) is 2.13. The van der Waals surface area contributed by atoms with Crippen molar-refractivity contribution in [2.75, 3.05) is 13.2 Å². The Hall–Kier alpha value is -1.59. The number of hydrogen-bond acceptors (Lipinski definition) is 4. The van der Waals surface area contributed by atoms with Crippen molar-refractivity contribution >= 4 is 24.3 Å². The predicted octanol–water partition coefficient (Wildman–Crippen LogP) is 0.802. The van der Waals surface area contributed by atoms with E-state index in [4.69, 9.17) is 4.74 Å². The third-order valence-corrected chi connectivity index (χ3v) is 3.11. The smallest absolute Gasteiger partial charge is 0.325 e. The lowest BCUT2D eigenvalue weighted by molar-refractivity contribution is -0.143. The summed E-state index contributed by atoms with van der Waals surface area (Å²) in [6, 6.07) is 7.75. The first-order chi connectivity index (χ1) is 9.20. The third-order valence-electron chi connectivity index (χ3n) is 3.11. The summed E-state index contributed by atoms with van der Waals surface area (Å²) in [6.07, 6.45) is 0.644. The van der Waals surface area contributed by atoms with Gasteiger partial charge < -0.3 is 15.4 Å². The Bertz CT molecular complexity index is 479. The first kappa shape index (κ1) is 16.5. The second kappa shape index (κ2) is 7.87. The van der Waals surface area contributed by atoms with E-state index in [1.807, 2.05) is 18.2 Å². The van der Waals surface area contributed by atoms with Crippen LogP contribution < -0.4 is 10.6 Å². The molecule has 2 N–H and O–H groups in total. The molecule has 0 aromatic heterocycles. The zero-order valence-electron chi connectivity index (χ0n) is 11.3. The van der Waals surface area contributed by atoms with Gasteiger partial charge in [0.1, 0.15) is 6.54 Å².